The van der Waals surface area contributed by atoms with E-state index in [-0.39, 0.29) is 6.03 Å². The van der Waals surface area contributed by atoms with Crippen molar-refractivity contribution in [2.75, 3.05) is 51.6 Å². The van der Waals surface area contributed by atoms with Crippen molar-refractivity contribution < 1.29 is 4.79 Å². The zero-order valence-corrected chi connectivity index (χ0v) is 18.8. The second-order valence-electron chi connectivity index (χ2n) is 8.46. The summed E-state index contributed by atoms with van der Waals surface area (Å²) in [5.74, 6) is 0. The molecule has 6 heteroatoms. The molecule has 0 atom stereocenters. The quantitative estimate of drug-likeness (QED) is 0.758. The molecule has 30 heavy (non-hydrogen) atoms. The van der Waals surface area contributed by atoms with Gasteiger partial charge in [0.2, 0.25) is 0 Å². The van der Waals surface area contributed by atoms with Gasteiger partial charge in [-0.15, -0.1) is 0 Å². The van der Waals surface area contributed by atoms with E-state index in [2.05, 4.69) is 47.1 Å². The lowest BCUT2D eigenvalue weighted by molar-refractivity contribution is 0.147. The molecule has 1 N–H and O–H groups in total. The molecule has 0 aliphatic carbocycles. The first-order valence-electron chi connectivity index (χ1n) is 10.9. The largest absolute Gasteiger partial charge is 0.322 e. The third-order valence-electron chi connectivity index (χ3n) is 5.89. The summed E-state index contributed by atoms with van der Waals surface area (Å²) in [6.07, 6.45) is 2.83. The number of rotatable bonds is 7. The highest BCUT2D eigenvalue weighted by molar-refractivity contribution is 5.89. The Hall–Kier alpha value is -2.44. The third-order valence-corrected chi connectivity index (χ3v) is 5.89. The number of likely N-dealkylation sites (N-methyl/N-ethyl adjacent to an activating group) is 1. The molecular formula is C24H35N5O. The van der Waals surface area contributed by atoms with Crippen LogP contribution in [-0.2, 0) is 6.54 Å². The molecule has 1 aliphatic rings. The van der Waals surface area contributed by atoms with Gasteiger partial charge in [0.25, 0.3) is 0 Å². The lowest BCUT2D eigenvalue weighted by Gasteiger charge is -2.33. The van der Waals surface area contributed by atoms with E-state index < -0.39 is 0 Å². The Balaban J connectivity index is 1.62. The van der Waals surface area contributed by atoms with Gasteiger partial charge in [0.15, 0.2) is 0 Å². The van der Waals surface area contributed by atoms with E-state index in [0.717, 1.165) is 62.6 Å². The van der Waals surface area contributed by atoms with Crippen molar-refractivity contribution in [2.45, 2.75) is 33.7 Å². The standard InChI is InChI=1S/C24H35N5O/c1-19-6-9-23(16-20(19)2)26-24(30)29(18-22-8-7-21(3)25-17-22)11-5-10-28-14-12-27(4)13-15-28/h6-9,16-17H,5,10-15,18H2,1-4H3,(H,26,30). The van der Waals surface area contributed by atoms with Gasteiger partial charge in [0, 0.05) is 56.8 Å². The van der Waals surface area contributed by atoms with Gasteiger partial charge in [-0.2, -0.15) is 0 Å². The van der Waals surface area contributed by atoms with Gasteiger partial charge in [-0.05, 0) is 75.7 Å². The van der Waals surface area contributed by atoms with Crippen molar-refractivity contribution >= 4 is 11.7 Å². The Morgan fingerprint density at radius 2 is 1.83 bits per heavy atom. The fraction of sp³-hybridized carbons (Fsp3) is 0.500. The van der Waals surface area contributed by atoms with Crippen LogP contribution in [0.15, 0.2) is 36.5 Å². The number of amides is 2. The second-order valence-corrected chi connectivity index (χ2v) is 8.46. The summed E-state index contributed by atoms with van der Waals surface area (Å²) in [6, 6.07) is 10.0. The van der Waals surface area contributed by atoms with Crippen LogP contribution in [0.5, 0.6) is 0 Å². The predicted molar refractivity (Wildman–Crippen MR) is 123 cm³/mol. The molecule has 1 fully saturated rings. The van der Waals surface area contributed by atoms with Crippen LogP contribution in [0.25, 0.3) is 0 Å². The molecule has 0 bridgehead atoms. The molecule has 1 saturated heterocycles. The van der Waals surface area contributed by atoms with Gasteiger partial charge in [-0.25, -0.2) is 4.79 Å². The number of aryl methyl sites for hydroxylation is 3. The second kappa shape index (κ2) is 10.5. The van der Waals surface area contributed by atoms with Gasteiger partial charge in [0.1, 0.15) is 0 Å². The first kappa shape index (κ1) is 22.2. The number of pyridine rings is 1. The minimum Gasteiger partial charge on any atom is -0.320 e. The van der Waals surface area contributed by atoms with E-state index in [1.54, 1.807) is 0 Å². The molecule has 2 amide bonds. The van der Waals surface area contributed by atoms with Gasteiger partial charge in [0.05, 0.1) is 0 Å². The van der Waals surface area contributed by atoms with Crippen LogP contribution >= 0.6 is 0 Å². The lowest BCUT2D eigenvalue weighted by Crippen LogP contribution is -2.45. The number of nitrogens with zero attached hydrogens (tertiary/aromatic N) is 4. The Labute approximate surface area is 180 Å². The van der Waals surface area contributed by atoms with Crippen molar-refractivity contribution in [3.63, 3.8) is 0 Å². The minimum atomic E-state index is -0.0581. The van der Waals surface area contributed by atoms with Crippen LogP contribution in [-0.4, -0.2) is 72.0 Å². The Morgan fingerprint density at radius 3 is 2.50 bits per heavy atom. The number of benzene rings is 1. The molecule has 6 nitrogen and oxygen atoms in total. The van der Waals surface area contributed by atoms with Gasteiger partial charge >= 0.3 is 6.03 Å². The third kappa shape index (κ3) is 6.54. The number of carbonyl (C=O) groups is 1. The van der Waals surface area contributed by atoms with Crippen molar-refractivity contribution in [3.05, 3.63) is 58.9 Å². The van der Waals surface area contributed by atoms with Crippen molar-refractivity contribution in [3.8, 4) is 0 Å². The number of piperazine rings is 1. The van der Waals surface area contributed by atoms with Crippen LogP contribution in [0.1, 0.15) is 28.8 Å². The lowest BCUT2D eigenvalue weighted by atomic mass is 10.1. The van der Waals surface area contributed by atoms with Crippen LogP contribution < -0.4 is 5.32 Å². The highest BCUT2D eigenvalue weighted by atomic mass is 16.2. The number of hydrogen-bond acceptors (Lipinski definition) is 4. The maximum absolute atomic E-state index is 13.1. The number of carbonyl (C=O) groups excluding carboxylic acids is 1. The van der Waals surface area contributed by atoms with Crippen LogP contribution in [0, 0.1) is 20.8 Å². The fourth-order valence-electron chi connectivity index (χ4n) is 3.64. The Kier molecular flexibility index (Phi) is 7.82. The molecule has 1 aromatic heterocycles. The summed E-state index contributed by atoms with van der Waals surface area (Å²) < 4.78 is 0. The van der Waals surface area contributed by atoms with Crippen LogP contribution in [0.4, 0.5) is 10.5 Å². The SMILES string of the molecule is Cc1ccc(CN(CCCN2CCN(C)CC2)C(=O)Nc2ccc(C)c(C)c2)cn1. The molecular weight excluding hydrogens is 374 g/mol. The molecule has 1 aliphatic heterocycles. The fourth-order valence-corrected chi connectivity index (χ4v) is 3.64. The number of urea groups is 1. The molecule has 3 rings (SSSR count). The molecule has 0 saturated carbocycles. The predicted octanol–water partition coefficient (Wildman–Crippen LogP) is 3.68. The molecule has 2 heterocycles. The van der Waals surface area contributed by atoms with E-state index in [0.29, 0.717) is 6.54 Å². The smallest absolute Gasteiger partial charge is 0.320 e. The van der Waals surface area contributed by atoms with Gasteiger partial charge < -0.3 is 20.0 Å². The number of anilines is 1. The Morgan fingerprint density at radius 1 is 1.07 bits per heavy atom. The minimum absolute atomic E-state index is 0.0581. The summed E-state index contributed by atoms with van der Waals surface area (Å²) in [5, 5.41) is 3.08. The highest BCUT2D eigenvalue weighted by Crippen LogP contribution is 2.16. The maximum Gasteiger partial charge on any atom is 0.322 e. The van der Waals surface area contributed by atoms with E-state index in [9.17, 15) is 4.79 Å². The number of aromatic nitrogens is 1. The summed E-state index contributed by atoms with van der Waals surface area (Å²) in [7, 11) is 2.17. The van der Waals surface area contributed by atoms with E-state index >= 15 is 0 Å². The van der Waals surface area contributed by atoms with Crippen LogP contribution in [0.3, 0.4) is 0 Å². The average molecular weight is 410 g/mol. The summed E-state index contributed by atoms with van der Waals surface area (Å²) in [6.45, 7) is 12.9. The molecule has 162 valence electrons. The molecule has 0 radical (unpaired) electrons. The Bertz CT molecular complexity index is 828. The first-order chi connectivity index (χ1) is 14.4. The van der Waals surface area contributed by atoms with Crippen LogP contribution in [0.2, 0.25) is 0 Å². The van der Waals surface area contributed by atoms with Gasteiger partial charge in [-0.3, -0.25) is 4.98 Å². The zero-order valence-electron chi connectivity index (χ0n) is 18.8. The van der Waals surface area contributed by atoms with Crippen molar-refractivity contribution in [1.29, 1.82) is 0 Å². The van der Waals surface area contributed by atoms with E-state index in [4.69, 9.17) is 0 Å². The molecule has 1 aromatic carbocycles. The monoisotopic (exact) mass is 409 g/mol. The summed E-state index contributed by atoms with van der Waals surface area (Å²) in [4.78, 5) is 24.2. The van der Waals surface area contributed by atoms with Gasteiger partial charge in [-0.1, -0.05) is 12.1 Å². The molecule has 2 aromatic rings. The van der Waals surface area contributed by atoms with E-state index in [1.807, 2.05) is 42.3 Å². The number of nitrogens with one attached hydrogen (secondary N) is 1. The summed E-state index contributed by atoms with van der Waals surface area (Å²) in [5.41, 5.74) is 5.28. The van der Waals surface area contributed by atoms with E-state index in [1.165, 1.54) is 11.1 Å². The zero-order chi connectivity index (χ0) is 21.5. The topological polar surface area (TPSA) is 51.7 Å². The highest BCUT2D eigenvalue weighted by Gasteiger charge is 2.17. The number of hydrogen-bond donors (Lipinski definition) is 1. The molecule has 0 unspecified atom stereocenters. The normalized spacial score (nSPS) is 15.2. The maximum atomic E-state index is 13.1. The average Bonchev–Trinajstić information content (AvgIpc) is 2.73. The van der Waals surface area contributed by atoms with Crippen molar-refractivity contribution in [2.24, 2.45) is 0 Å². The molecule has 0 spiro atoms. The first-order valence-corrected chi connectivity index (χ1v) is 10.9. The van der Waals surface area contributed by atoms with Crippen molar-refractivity contribution in [1.82, 2.24) is 19.7 Å². The summed E-state index contributed by atoms with van der Waals surface area (Å²) >= 11 is 0.